The lowest BCUT2D eigenvalue weighted by atomic mass is 10.1. The van der Waals surface area contributed by atoms with Crippen molar-refractivity contribution in [2.24, 2.45) is 0 Å². The first-order valence-electron chi connectivity index (χ1n) is 8.52. The Morgan fingerprint density at radius 1 is 1.14 bits per heavy atom. The van der Waals surface area contributed by atoms with E-state index >= 15 is 0 Å². The van der Waals surface area contributed by atoms with E-state index in [1.54, 1.807) is 6.92 Å². The van der Waals surface area contributed by atoms with Gasteiger partial charge in [0.15, 0.2) is 0 Å². The van der Waals surface area contributed by atoms with Gasteiger partial charge in [0.25, 0.3) is 5.24 Å². The number of alkyl halides is 3. The summed E-state index contributed by atoms with van der Waals surface area (Å²) in [6.07, 6.45) is -0.352. The van der Waals surface area contributed by atoms with E-state index in [0.717, 1.165) is 43.3 Å². The van der Waals surface area contributed by atoms with Gasteiger partial charge in [-0.05, 0) is 55.5 Å². The van der Waals surface area contributed by atoms with Gasteiger partial charge in [-0.3, -0.25) is 14.9 Å². The quantitative estimate of drug-likeness (QED) is 0.780. The number of benzene rings is 1. The van der Waals surface area contributed by atoms with Gasteiger partial charge in [0, 0.05) is 11.8 Å². The molecule has 1 saturated heterocycles. The molecule has 0 spiro atoms. The van der Waals surface area contributed by atoms with E-state index in [1.165, 1.54) is 11.1 Å². The van der Waals surface area contributed by atoms with Crippen LogP contribution in [-0.4, -0.2) is 21.9 Å². The summed E-state index contributed by atoms with van der Waals surface area (Å²) >= 11 is 1.01. The van der Waals surface area contributed by atoms with E-state index in [9.17, 15) is 22.8 Å². The molecule has 2 heterocycles. The lowest BCUT2D eigenvalue weighted by Gasteiger charge is -2.11. The van der Waals surface area contributed by atoms with Crippen molar-refractivity contribution in [1.82, 2.24) is 10.3 Å². The summed E-state index contributed by atoms with van der Waals surface area (Å²) in [5, 5.41) is 1.87. The fourth-order valence-electron chi connectivity index (χ4n) is 2.86. The van der Waals surface area contributed by atoms with Crippen LogP contribution in [0, 0.1) is 6.92 Å². The van der Waals surface area contributed by atoms with Crippen molar-refractivity contribution >= 4 is 22.9 Å². The molecule has 1 fully saturated rings. The number of amides is 2. The van der Waals surface area contributed by atoms with E-state index in [-0.39, 0.29) is 17.0 Å². The number of rotatable bonds is 2. The molecule has 1 aliphatic heterocycles. The van der Waals surface area contributed by atoms with E-state index in [1.807, 2.05) is 18.2 Å². The van der Waals surface area contributed by atoms with Gasteiger partial charge < -0.3 is 4.74 Å². The molecule has 9 heteroatoms. The number of imide groups is 1. The van der Waals surface area contributed by atoms with Crippen LogP contribution >= 0.6 is 11.8 Å². The summed E-state index contributed by atoms with van der Waals surface area (Å²) in [6, 6.07) is 6.84. The van der Waals surface area contributed by atoms with Crippen molar-refractivity contribution in [2.45, 2.75) is 32.4 Å². The number of nitrogens with one attached hydrogen (secondary N) is 1. The number of nitrogens with zero attached hydrogens (tertiary/aromatic N) is 1. The van der Waals surface area contributed by atoms with Crippen LogP contribution in [0.2, 0.25) is 0 Å². The SMILES string of the molecule is Cc1cc(C(F)(F)F)cnc1Oc1ccc2c(c1)CCC2.O=C1CSC(=O)N1. The summed E-state index contributed by atoms with van der Waals surface area (Å²) in [6.45, 7) is 1.56. The smallest absolute Gasteiger partial charge is 0.417 e. The molecule has 2 aliphatic rings. The molecule has 148 valence electrons. The van der Waals surface area contributed by atoms with Crippen LogP contribution in [0.25, 0.3) is 0 Å². The highest BCUT2D eigenvalue weighted by Gasteiger charge is 2.31. The van der Waals surface area contributed by atoms with Crippen LogP contribution in [0.15, 0.2) is 30.5 Å². The average Bonchev–Trinajstić information content (AvgIpc) is 3.24. The standard InChI is InChI=1S/C16H14F3NO.C3H3NO2S/c1-10-7-13(16(17,18)19)9-20-15(10)21-14-6-5-11-3-2-4-12(11)8-14;5-2-1-7-3(6)4-2/h5-9H,2-4H2,1H3;1H2,(H,4,5,6). The summed E-state index contributed by atoms with van der Waals surface area (Å²) in [5.41, 5.74) is 2.17. The molecule has 5 nitrogen and oxygen atoms in total. The lowest BCUT2D eigenvalue weighted by molar-refractivity contribution is -0.137. The summed E-state index contributed by atoms with van der Waals surface area (Å²) in [5.74, 6) is 0.931. The van der Waals surface area contributed by atoms with Gasteiger partial charge in [-0.1, -0.05) is 17.8 Å². The van der Waals surface area contributed by atoms with Crippen molar-refractivity contribution in [3.8, 4) is 11.6 Å². The second-order valence-corrected chi connectivity index (χ2v) is 7.30. The number of aromatic nitrogens is 1. The monoisotopic (exact) mass is 410 g/mol. The van der Waals surface area contributed by atoms with Crippen LogP contribution in [0.3, 0.4) is 0 Å². The molecule has 1 aromatic carbocycles. The molecule has 28 heavy (non-hydrogen) atoms. The molecule has 2 aromatic rings. The zero-order valence-corrected chi connectivity index (χ0v) is 15.7. The maximum absolute atomic E-state index is 12.6. The minimum absolute atomic E-state index is 0.185. The zero-order valence-electron chi connectivity index (χ0n) is 14.9. The summed E-state index contributed by atoms with van der Waals surface area (Å²) < 4.78 is 43.4. The highest BCUT2D eigenvalue weighted by Crippen LogP contribution is 2.33. The first-order valence-corrected chi connectivity index (χ1v) is 9.51. The van der Waals surface area contributed by atoms with Crippen molar-refractivity contribution in [3.63, 3.8) is 0 Å². The Kier molecular flexibility index (Phi) is 5.93. The molecule has 2 amide bonds. The minimum atomic E-state index is -4.39. The van der Waals surface area contributed by atoms with E-state index in [0.29, 0.717) is 17.1 Å². The number of fused-ring (bicyclic) bond motifs is 1. The molecule has 0 unspecified atom stereocenters. The number of carbonyl (C=O) groups is 2. The van der Waals surface area contributed by atoms with Gasteiger partial charge in [-0.25, -0.2) is 4.98 Å². The third-order valence-electron chi connectivity index (χ3n) is 4.22. The number of aryl methyl sites for hydroxylation is 3. The van der Waals surface area contributed by atoms with E-state index in [2.05, 4.69) is 10.3 Å². The molecule has 0 atom stereocenters. The summed E-state index contributed by atoms with van der Waals surface area (Å²) in [4.78, 5) is 24.0. The molecule has 1 N–H and O–H groups in total. The minimum Gasteiger partial charge on any atom is -0.439 e. The number of halogens is 3. The zero-order chi connectivity index (χ0) is 20.3. The number of thioether (sulfide) groups is 1. The van der Waals surface area contributed by atoms with Crippen molar-refractivity contribution in [1.29, 1.82) is 0 Å². The van der Waals surface area contributed by atoms with Crippen LogP contribution in [0.5, 0.6) is 11.6 Å². The predicted octanol–water partition coefficient (Wildman–Crippen LogP) is 4.66. The highest BCUT2D eigenvalue weighted by atomic mass is 32.2. The highest BCUT2D eigenvalue weighted by molar-refractivity contribution is 8.14. The molecule has 0 bridgehead atoms. The van der Waals surface area contributed by atoms with Gasteiger partial charge in [0.05, 0.1) is 11.3 Å². The number of ether oxygens (including phenoxy) is 1. The van der Waals surface area contributed by atoms with E-state index < -0.39 is 11.7 Å². The summed E-state index contributed by atoms with van der Waals surface area (Å²) in [7, 11) is 0. The van der Waals surface area contributed by atoms with Crippen LogP contribution in [0.4, 0.5) is 18.0 Å². The largest absolute Gasteiger partial charge is 0.439 e. The second-order valence-electron chi connectivity index (χ2n) is 6.35. The van der Waals surface area contributed by atoms with Gasteiger partial charge in [-0.2, -0.15) is 13.2 Å². The fraction of sp³-hybridized carbons (Fsp3) is 0.316. The Balaban J connectivity index is 0.000000271. The number of carbonyl (C=O) groups excluding carboxylic acids is 2. The average molecular weight is 410 g/mol. The van der Waals surface area contributed by atoms with Gasteiger partial charge in [0.2, 0.25) is 11.8 Å². The topological polar surface area (TPSA) is 68.3 Å². The lowest BCUT2D eigenvalue weighted by Crippen LogP contribution is -2.18. The fourth-order valence-corrected chi connectivity index (χ4v) is 3.38. The molecule has 0 saturated carbocycles. The Bertz CT molecular complexity index is 902. The Labute approximate surface area is 163 Å². The molecule has 4 rings (SSSR count). The van der Waals surface area contributed by atoms with Crippen LogP contribution < -0.4 is 10.1 Å². The van der Waals surface area contributed by atoms with Crippen LogP contribution in [0.1, 0.15) is 28.7 Å². The third-order valence-corrected chi connectivity index (χ3v) is 4.99. The van der Waals surface area contributed by atoms with E-state index in [4.69, 9.17) is 4.74 Å². The van der Waals surface area contributed by atoms with Crippen molar-refractivity contribution in [2.75, 3.05) is 5.75 Å². The molecule has 0 radical (unpaired) electrons. The molecule has 1 aromatic heterocycles. The third kappa shape index (κ3) is 5.03. The number of hydrogen-bond acceptors (Lipinski definition) is 5. The molecular weight excluding hydrogens is 393 g/mol. The normalized spacial score (nSPS) is 15.6. The number of hydrogen-bond donors (Lipinski definition) is 1. The molecular formula is C19H17F3N2O3S. The van der Waals surface area contributed by atoms with Gasteiger partial charge in [-0.15, -0.1) is 0 Å². The maximum Gasteiger partial charge on any atom is 0.417 e. The first-order chi connectivity index (χ1) is 13.2. The van der Waals surface area contributed by atoms with Crippen molar-refractivity contribution < 1.29 is 27.5 Å². The first kappa shape index (κ1) is 20.2. The molecule has 1 aliphatic carbocycles. The number of pyridine rings is 1. The Morgan fingerprint density at radius 2 is 1.89 bits per heavy atom. The second kappa shape index (κ2) is 8.22. The maximum atomic E-state index is 12.6. The Morgan fingerprint density at radius 3 is 2.46 bits per heavy atom. The van der Waals surface area contributed by atoms with Crippen LogP contribution in [-0.2, 0) is 23.8 Å². The van der Waals surface area contributed by atoms with Crippen molar-refractivity contribution in [3.05, 3.63) is 52.7 Å². The van der Waals surface area contributed by atoms with Gasteiger partial charge >= 0.3 is 6.18 Å². The Hall–Kier alpha value is -2.55. The predicted molar refractivity (Wildman–Crippen MR) is 98.5 cm³/mol. The van der Waals surface area contributed by atoms with Gasteiger partial charge in [0.1, 0.15) is 5.75 Å².